The second kappa shape index (κ2) is 5.25. The number of nitrogens with one attached hydrogen (secondary N) is 1. The number of nitrogens with zero attached hydrogens (tertiary/aromatic N) is 3. The number of aromatic amines is 1. The third-order valence-corrected chi connectivity index (χ3v) is 2.54. The van der Waals surface area contributed by atoms with Crippen LogP contribution in [0.5, 0.6) is 0 Å². The molecule has 5 heteroatoms. The maximum atomic E-state index is 11.8. The van der Waals surface area contributed by atoms with Crippen molar-refractivity contribution in [3.8, 4) is 0 Å². The van der Waals surface area contributed by atoms with Gasteiger partial charge in [0.2, 0.25) is 5.82 Å². The van der Waals surface area contributed by atoms with Gasteiger partial charge in [0.1, 0.15) is 6.33 Å². The summed E-state index contributed by atoms with van der Waals surface area (Å²) in [6.45, 7) is 0.656. The van der Waals surface area contributed by atoms with Crippen LogP contribution in [0.4, 0.5) is 0 Å². The zero-order valence-electron chi connectivity index (χ0n) is 9.63. The first-order valence-corrected chi connectivity index (χ1v) is 5.42. The molecule has 0 radical (unpaired) electrons. The number of H-pyrrole nitrogens is 1. The summed E-state index contributed by atoms with van der Waals surface area (Å²) in [7, 11) is 1.76. The van der Waals surface area contributed by atoms with Crippen LogP contribution in [0, 0.1) is 0 Å². The maximum absolute atomic E-state index is 11.8. The Bertz CT molecular complexity index is 467. The molecule has 1 aromatic heterocycles. The number of carbonyl (C=O) groups is 1. The SMILES string of the molecule is CN(CCc1ccccc1)C(=O)c1ncn[nH]1. The molecule has 2 aromatic rings. The van der Waals surface area contributed by atoms with Crippen molar-refractivity contribution in [3.63, 3.8) is 0 Å². The summed E-state index contributed by atoms with van der Waals surface area (Å²) in [5, 5.41) is 6.22. The van der Waals surface area contributed by atoms with E-state index >= 15 is 0 Å². The molecule has 0 bridgehead atoms. The molecule has 0 atom stereocenters. The minimum Gasteiger partial charge on any atom is -0.339 e. The Morgan fingerprint density at radius 2 is 2.12 bits per heavy atom. The normalized spacial score (nSPS) is 10.2. The highest BCUT2D eigenvalue weighted by molar-refractivity contribution is 5.90. The van der Waals surface area contributed by atoms with E-state index < -0.39 is 0 Å². The number of benzene rings is 1. The largest absolute Gasteiger partial charge is 0.339 e. The van der Waals surface area contributed by atoms with Crippen LogP contribution in [0.2, 0.25) is 0 Å². The maximum Gasteiger partial charge on any atom is 0.290 e. The lowest BCUT2D eigenvalue weighted by molar-refractivity contribution is 0.0785. The molecule has 0 spiro atoms. The number of hydrogen-bond donors (Lipinski definition) is 1. The van der Waals surface area contributed by atoms with Crippen molar-refractivity contribution in [3.05, 3.63) is 48.0 Å². The van der Waals surface area contributed by atoms with Crippen LogP contribution >= 0.6 is 0 Å². The van der Waals surface area contributed by atoms with Crippen LogP contribution < -0.4 is 0 Å². The van der Waals surface area contributed by atoms with Crippen LogP contribution in [-0.4, -0.2) is 39.6 Å². The molecule has 1 heterocycles. The standard InChI is InChI=1S/C12H14N4O/c1-16(12(17)11-13-9-14-15-11)8-7-10-5-3-2-4-6-10/h2-6,9H,7-8H2,1H3,(H,13,14,15). The smallest absolute Gasteiger partial charge is 0.290 e. The highest BCUT2D eigenvalue weighted by Gasteiger charge is 2.13. The van der Waals surface area contributed by atoms with Crippen LogP contribution in [0.1, 0.15) is 16.2 Å². The predicted molar refractivity (Wildman–Crippen MR) is 63.5 cm³/mol. The Kier molecular flexibility index (Phi) is 3.49. The highest BCUT2D eigenvalue weighted by Crippen LogP contribution is 2.02. The Labute approximate surface area is 99.5 Å². The van der Waals surface area contributed by atoms with Crippen LogP contribution in [-0.2, 0) is 6.42 Å². The number of likely N-dealkylation sites (N-methyl/N-ethyl adjacent to an activating group) is 1. The summed E-state index contributed by atoms with van der Waals surface area (Å²) in [6, 6.07) is 10.1. The molecule has 0 unspecified atom stereocenters. The van der Waals surface area contributed by atoms with Crippen molar-refractivity contribution < 1.29 is 4.79 Å². The Hall–Kier alpha value is -2.17. The van der Waals surface area contributed by atoms with Crippen molar-refractivity contribution in [1.82, 2.24) is 20.1 Å². The van der Waals surface area contributed by atoms with Crippen LogP contribution in [0.3, 0.4) is 0 Å². The molecule has 0 aliphatic carbocycles. The third kappa shape index (κ3) is 2.90. The molecule has 17 heavy (non-hydrogen) atoms. The van der Waals surface area contributed by atoms with Gasteiger partial charge in [-0.3, -0.25) is 9.89 Å². The molecular weight excluding hydrogens is 216 g/mol. The van der Waals surface area contributed by atoms with Gasteiger partial charge in [-0.15, -0.1) is 0 Å². The lowest BCUT2D eigenvalue weighted by Crippen LogP contribution is -2.29. The van der Waals surface area contributed by atoms with E-state index in [1.165, 1.54) is 11.9 Å². The van der Waals surface area contributed by atoms with E-state index in [0.29, 0.717) is 6.54 Å². The number of aromatic nitrogens is 3. The first-order chi connectivity index (χ1) is 8.27. The monoisotopic (exact) mass is 230 g/mol. The topological polar surface area (TPSA) is 61.9 Å². The summed E-state index contributed by atoms with van der Waals surface area (Å²) >= 11 is 0. The fourth-order valence-electron chi connectivity index (χ4n) is 1.53. The minimum atomic E-state index is -0.140. The summed E-state index contributed by atoms with van der Waals surface area (Å²) in [5.41, 5.74) is 1.21. The first kappa shape index (κ1) is 11.3. The molecule has 5 nitrogen and oxygen atoms in total. The number of hydrogen-bond acceptors (Lipinski definition) is 3. The third-order valence-electron chi connectivity index (χ3n) is 2.54. The lowest BCUT2D eigenvalue weighted by Gasteiger charge is -2.15. The highest BCUT2D eigenvalue weighted by atomic mass is 16.2. The van der Waals surface area contributed by atoms with Crippen molar-refractivity contribution in [1.29, 1.82) is 0 Å². The average Bonchev–Trinajstić information content (AvgIpc) is 2.90. The molecule has 1 aromatic carbocycles. The predicted octanol–water partition coefficient (Wildman–Crippen LogP) is 1.12. The number of carbonyl (C=O) groups excluding carboxylic acids is 1. The van der Waals surface area contributed by atoms with E-state index in [-0.39, 0.29) is 11.7 Å². The molecule has 2 rings (SSSR count). The summed E-state index contributed by atoms with van der Waals surface area (Å²) < 4.78 is 0. The zero-order chi connectivity index (χ0) is 12.1. The van der Waals surface area contributed by atoms with Gasteiger partial charge in [-0.25, -0.2) is 4.98 Å². The number of amides is 1. The fourth-order valence-corrected chi connectivity index (χ4v) is 1.53. The van der Waals surface area contributed by atoms with Gasteiger partial charge < -0.3 is 4.90 Å². The lowest BCUT2D eigenvalue weighted by atomic mass is 10.1. The van der Waals surface area contributed by atoms with Gasteiger partial charge in [-0.05, 0) is 12.0 Å². The molecule has 0 aliphatic heterocycles. The Morgan fingerprint density at radius 1 is 1.35 bits per heavy atom. The zero-order valence-corrected chi connectivity index (χ0v) is 9.63. The molecule has 0 saturated heterocycles. The summed E-state index contributed by atoms with van der Waals surface area (Å²) in [4.78, 5) is 17.3. The van der Waals surface area contributed by atoms with E-state index in [9.17, 15) is 4.79 Å². The average molecular weight is 230 g/mol. The van der Waals surface area contributed by atoms with Gasteiger partial charge in [0.15, 0.2) is 0 Å². The van der Waals surface area contributed by atoms with E-state index in [4.69, 9.17) is 0 Å². The molecule has 88 valence electrons. The molecule has 0 aliphatic rings. The van der Waals surface area contributed by atoms with Crippen LogP contribution in [0.25, 0.3) is 0 Å². The minimum absolute atomic E-state index is 0.140. The van der Waals surface area contributed by atoms with Gasteiger partial charge >= 0.3 is 0 Å². The molecular formula is C12H14N4O. The van der Waals surface area contributed by atoms with Crippen molar-refractivity contribution in [2.75, 3.05) is 13.6 Å². The Morgan fingerprint density at radius 3 is 2.76 bits per heavy atom. The Balaban J connectivity index is 1.90. The van der Waals surface area contributed by atoms with E-state index in [0.717, 1.165) is 6.42 Å². The van der Waals surface area contributed by atoms with E-state index in [1.807, 2.05) is 30.3 Å². The molecule has 0 saturated carbocycles. The first-order valence-electron chi connectivity index (χ1n) is 5.42. The number of rotatable bonds is 4. The van der Waals surface area contributed by atoms with Crippen LogP contribution in [0.15, 0.2) is 36.7 Å². The molecule has 1 amide bonds. The van der Waals surface area contributed by atoms with Gasteiger partial charge in [-0.1, -0.05) is 30.3 Å². The van der Waals surface area contributed by atoms with Gasteiger partial charge in [0, 0.05) is 13.6 Å². The van der Waals surface area contributed by atoms with Gasteiger partial charge in [-0.2, -0.15) is 5.10 Å². The summed E-state index contributed by atoms with van der Waals surface area (Å²) in [5.74, 6) is 0.138. The second-order valence-electron chi connectivity index (χ2n) is 3.80. The molecule has 0 fully saturated rings. The van der Waals surface area contributed by atoms with Crippen molar-refractivity contribution in [2.24, 2.45) is 0 Å². The quantitative estimate of drug-likeness (QED) is 0.856. The van der Waals surface area contributed by atoms with E-state index in [1.54, 1.807) is 11.9 Å². The summed E-state index contributed by atoms with van der Waals surface area (Å²) in [6.07, 6.45) is 2.16. The molecule has 1 N–H and O–H groups in total. The van der Waals surface area contributed by atoms with E-state index in [2.05, 4.69) is 15.2 Å². The van der Waals surface area contributed by atoms with Gasteiger partial charge in [0.25, 0.3) is 5.91 Å². The van der Waals surface area contributed by atoms with Crippen molar-refractivity contribution >= 4 is 5.91 Å². The second-order valence-corrected chi connectivity index (χ2v) is 3.80. The van der Waals surface area contributed by atoms with Crippen molar-refractivity contribution in [2.45, 2.75) is 6.42 Å². The fraction of sp³-hybridized carbons (Fsp3) is 0.250. The van der Waals surface area contributed by atoms with Gasteiger partial charge in [0.05, 0.1) is 0 Å².